The fraction of sp³-hybridized carbons (Fsp3) is 0.421. The van der Waals surface area contributed by atoms with Gasteiger partial charge in [-0.1, -0.05) is 18.2 Å². The first-order valence-electron chi connectivity index (χ1n) is 9.04. The van der Waals surface area contributed by atoms with E-state index in [9.17, 15) is 23.1 Å². The number of hydrogen-bond donors (Lipinski definition) is 2. The molecule has 0 aliphatic carbocycles. The van der Waals surface area contributed by atoms with Crippen LogP contribution in [0.2, 0.25) is 0 Å². The van der Waals surface area contributed by atoms with Crippen LogP contribution < -0.4 is 10.1 Å². The molecule has 31 heavy (non-hydrogen) atoms. The molecule has 2 heterocycles. The molecule has 12 heteroatoms. The van der Waals surface area contributed by atoms with Crippen LogP contribution in [0.4, 0.5) is 19.0 Å². The van der Waals surface area contributed by atoms with Gasteiger partial charge in [0, 0.05) is 24.4 Å². The first-order chi connectivity index (χ1) is 14.3. The molecule has 0 amide bonds. The number of aliphatic carboxylic acids is 1. The molecule has 1 aliphatic rings. The van der Waals surface area contributed by atoms with Crippen LogP contribution in [0.15, 0.2) is 18.2 Å². The average Bonchev–Trinajstić information content (AvgIpc) is 3.21. The SMILES string of the molecule is COc1nc(CC(=O)O)c(C2OCCO2)c(N[C@H](C)c2cccc(C(F)F)c2F)n1.[Li]. The molecular weight excluding hydrogens is 414 g/mol. The summed E-state index contributed by atoms with van der Waals surface area (Å²) in [5.74, 6) is -2.08. The van der Waals surface area contributed by atoms with Crippen LogP contribution in [0, 0.1) is 5.82 Å². The molecule has 1 saturated heterocycles. The van der Waals surface area contributed by atoms with E-state index in [-0.39, 0.29) is 60.7 Å². The quantitative estimate of drug-likeness (QED) is 0.612. The molecule has 3 rings (SSSR count). The van der Waals surface area contributed by atoms with Crippen LogP contribution in [-0.2, 0) is 20.7 Å². The first-order valence-corrected chi connectivity index (χ1v) is 9.04. The predicted molar refractivity (Wildman–Crippen MR) is 104 cm³/mol. The number of halogens is 3. The maximum Gasteiger partial charge on any atom is 0.318 e. The number of anilines is 1. The zero-order valence-electron chi connectivity index (χ0n) is 17.2. The molecule has 1 radical (unpaired) electrons. The third kappa shape index (κ3) is 5.68. The van der Waals surface area contributed by atoms with Crippen molar-refractivity contribution in [1.29, 1.82) is 0 Å². The molecule has 1 aliphatic heterocycles. The minimum atomic E-state index is -2.96. The van der Waals surface area contributed by atoms with Gasteiger partial charge in [0.1, 0.15) is 11.6 Å². The van der Waals surface area contributed by atoms with Gasteiger partial charge in [0.2, 0.25) is 0 Å². The zero-order valence-corrected chi connectivity index (χ0v) is 17.2. The van der Waals surface area contributed by atoms with Gasteiger partial charge >= 0.3 is 12.0 Å². The Labute approximate surface area is 188 Å². The molecule has 0 spiro atoms. The molecule has 8 nitrogen and oxygen atoms in total. The number of carboxylic acid groups (broad SMARTS) is 1. The van der Waals surface area contributed by atoms with Crippen LogP contribution in [0.1, 0.15) is 48.1 Å². The second kappa shape index (κ2) is 10.8. The van der Waals surface area contributed by atoms with E-state index in [1.807, 2.05) is 0 Å². The Balaban J connectivity index is 0.00000341. The van der Waals surface area contributed by atoms with Crippen molar-refractivity contribution in [2.24, 2.45) is 0 Å². The number of methoxy groups -OCH3 is 1. The Bertz CT molecular complexity index is 929. The van der Waals surface area contributed by atoms with Gasteiger partial charge in [-0.05, 0) is 6.92 Å². The summed E-state index contributed by atoms with van der Waals surface area (Å²) in [4.78, 5) is 19.6. The second-order valence-electron chi connectivity index (χ2n) is 6.48. The number of benzene rings is 1. The van der Waals surface area contributed by atoms with Gasteiger partial charge in [0.25, 0.3) is 6.43 Å². The van der Waals surface area contributed by atoms with Crippen LogP contribution in [0.3, 0.4) is 0 Å². The fourth-order valence-electron chi connectivity index (χ4n) is 3.10. The van der Waals surface area contributed by atoms with Crippen molar-refractivity contribution in [2.75, 3.05) is 25.6 Å². The summed E-state index contributed by atoms with van der Waals surface area (Å²) in [7, 11) is 1.31. The average molecular weight is 434 g/mol. The number of ether oxygens (including phenoxy) is 3. The Morgan fingerprint density at radius 2 is 1.94 bits per heavy atom. The minimum Gasteiger partial charge on any atom is -0.481 e. The number of carboxylic acids is 1. The molecule has 1 fully saturated rings. The zero-order chi connectivity index (χ0) is 21.8. The first kappa shape index (κ1) is 24.9. The van der Waals surface area contributed by atoms with E-state index in [1.54, 1.807) is 6.92 Å². The van der Waals surface area contributed by atoms with Gasteiger partial charge in [-0.3, -0.25) is 4.79 Å². The van der Waals surface area contributed by atoms with Gasteiger partial charge in [-0.15, -0.1) is 0 Å². The van der Waals surface area contributed by atoms with Crippen LogP contribution >= 0.6 is 0 Å². The smallest absolute Gasteiger partial charge is 0.318 e. The van der Waals surface area contributed by atoms with Gasteiger partial charge in [-0.25, -0.2) is 13.2 Å². The van der Waals surface area contributed by atoms with Crippen LogP contribution in [-0.4, -0.2) is 60.2 Å². The summed E-state index contributed by atoms with van der Waals surface area (Å²) in [5, 5.41) is 12.2. The monoisotopic (exact) mass is 434 g/mol. The molecule has 0 saturated carbocycles. The van der Waals surface area contributed by atoms with E-state index in [0.29, 0.717) is 0 Å². The number of carbonyl (C=O) groups is 1. The molecule has 1 aromatic carbocycles. The number of alkyl halides is 2. The molecule has 2 aromatic rings. The Kier molecular flexibility index (Phi) is 8.70. The van der Waals surface area contributed by atoms with E-state index in [0.717, 1.165) is 6.07 Å². The molecule has 0 bridgehead atoms. The molecule has 0 unspecified atom stereocenters. The number of aromatic nitrogens is 2. The second-order valence-corrected chi connectivity index (χ2v) is 6.48. The van der Waals surface area contributed by atoms with Gasteiger partial charge < -0.3 is 24.6 Å². The summed E-state index contributed by atoms with van der Waals surface area (Å²) in [6, 6.07) is 2.79. The predicted octanol–water partition coefficient (Wildman–Crippen LogP) is 3.03. The van der Waals surface area contributed by atoms with Crippen molar-refractivity contribution in [3.63, 3.8) is 0 Å². The normalized spacial score (nSPS) is 14.9. The maximum absolute atomic E-state index is 14.6. The fourth-order valence-corrected chi connectivity index (χ4v) is 3.10. The topological polar surface area (TPSA) is 103 Å². The van der Waals surface area contributed by atoms with Crippen molar-refractivity contribution in [3.8, 4) is 6.01 Å². The molecule has 1 aromatic heterocycles. The van der Waals surface area contributed by atoms with Crippen molar-refractivity contribution in [1.82, 2.24) is 9.97 Å². The molecule has 1 atom stereocenters. The van der Waals surface area contributed by atoms with E-state index in [1.165, 1.54) is 19.2 Å². The number of rotatable bonds is 8. The Hall–Kier alpha value is -2.32. The van der Waals surface area contributed by atoms with E-state index >= 15 is 0 Å². The summed E-state index contributed by atoms with van der Waals surface area (Å²) >= 11 is 0. The molecular formula is C19H20F3LiN3O5. The number of hydrogen-bond acceptors (Lipinski definition) is 7. The van der Waals surface area contributed by atoms with Crippen molar-refractivity contribution >= 4 is 30.6 Å². The maximum atomic E-state index is 14.6. The summed E-state index contributed by atoms with van der Waals surface area (Å²) in [6.45, 7) is 2.12. The van der Waals surface area contributed by atoms with Gasteiger partial charge in [0.05, 0.1) is 49.6 Å². The van der Waals surface area contributed by atoms with Crippen molar-refractivity contribution in [2.45, 2.75) is 32.1 Å². The summed E-state index contributed by atoms with van der Waals surface area (Å²) < 4.78 is 56.7. The van der Waals surface area contributed by atoms with Crippen LogP contribution in [0.25, 0.3) is 0 Å². The van der Waals surface area contributed by atoms with Gasteiger partial charge in [0.15, 0.2) is 6.29 Å². The largest absolute Gasteiger partial charge is 0.481 e. The number of nitrogens with one attached hydrogen (secondary N) is 1. The Morgan fingerprint density at radius 3 is 2.52 bits per heavy atom. The van der Waals surface area contributed by atoms with Gasteiger partial charge in [-0.2, -0.15) is 9.97 Å². The van der Waals surface area contributed by atoms with Crippen LogP contribution in [0.5, 0.6) is 6.01 Å². The van der Waals surface area contributed by atoms with E-state index in [2.05, 4.69) is 15.3 Å². The third-order valence-electron chi connectivity index (χ3n) is 4.48. The van der Waals surface area contributed by atoms with E-state index < -0.39 is 42.5 Å². The van der Waals surface area contributed by atoms with Crippen molar-refractivity contribution < 1.29 is 37.3 Å². The van der Waals surface area contributed by atoms with Crippen molar-refractivity contribution in [3.05, 3.63) is 46.4 Å². The molecule has 163 valence electrons. The van der Waals surface area contributed by atoms with E-state index in [4.69, 9.17) is 14.2 Å². The minimum absolute atomic E-state index is 0. The summed E-state index contributed by atoms with van der Waals surface area (Å²) in [6.07, 6.45) is -4.36. The Morgan fingerprint density at radius 1 is 1.29 bits per heavy atom. The summed E-state index contributed by atoms with van der Waals surface area (Å²) in [5.41, 5.74) is -0.397. The third-order valence-corrected chi connectivity index (χ3v) is 4.48. The molecule has 2 N–H and O–H groups in total. The number of nitrogens with zero attached hydrogens (tertiary/aromatic N) is 2. The standard InChI is InChI=1S/C19H20F3N3O5.Li/c1-9(10-4-3-5-11(15(10)20)16(21)22)23-17-14(18-29-6-7-30-18)12(8-13(26)27)24-19(25-17)28-2;/h3-5,9,16,18H,6-8H2,1-2H3,(H,26,27)(H,23,24,25);/t9-;/m1./s1.